The highest BCUT2D eigenvalue weighted by atomic mass is 16.2. The van der Waals surface area contributed by atoms with Crippen molar-refractivity contribution in [3.8, 4) is 0 Å². The number of fused-ring (bicyclic) bond motifs is 1. The summed E-state index contributed by atoms with van der Waals surface area (Å²) in [5.41, 5.74) is 10.4. The van der Waals surface area contributed by atoms with E-state index in [9.17, 15) is 9.59 Å². The number of rotatable bonds is 5. The van der Waals surface area contributed by atoms with E-state index in [0.717, 1.165) is 18.4 Å². The van der Waals surface area contributed by atoms with Crippen LogP contribution in [-0.4, -0.2) is 34.3 Å². The van der Waals surface area contributed by atoms with Crippen LogP contribution in [0.15, 0.2) is 72.8 Å². The van der Waals surface area contributed by atoms with Crippen molar-refractivity contribution in [1.82, 2.24) is 15.2 Å². The molecule has 1 aliphatic carbocycles. The number of nitrogens with zero attached hydrogens (tertiary/aromatic N) is 2. The number of hydrogen-bond acceptors (Lipinski definition) is 4. The molecule has 2 aliphatic rings. The van der Waals surface area contributed by atoms with Crippen molar-refractivity contribution in [2.24, 2.45) is 5.73 Å². The number of carbonyl (C=O) groups is 2. The lowest BCUT2D eigenvalue weighted by atomic mass is 9.81. The van der Waals surface area contributed by atoms with Gasteiger partial charge in [0.05, 0.1) is 11.7 Å². The molecular weight excluding hydrogens is 412 g/mol. The molecule has 0 saturated carbocycles. The number of amides is 2. The molecule has 6 heteroatoms. The highest BCUT2D eigenvalue weighted by Gasteiger charge is 2.48. The zero-order valence-corrected chi connectivity index (χ0v) is 18.6. The molecule has 2 amide bonds. The minimum Gasteiger partial charge on any atom is -0.347 e. The highest BCUT2D eigenvalue weighted by Crippen LogP contribution is 2.37. The highest BCUT2D eigenvalue weighted by molar-refractivity contribution is 5.98. The number of likely N-dealkylation sites (tertiary alicyclic amines) is 1. The third-order valence-corrected chi connectivity index (χ3v) is 6.77. The fourth-order valence-corrected chi connectivity index (χ4v) is 4.96. The third kappa shape index (κ3) is 4.02. The zero-order valence-electron chi connectivity index (χ0n) is 18.6. The molecule has 6 nitrogen and oxygen atoms in total. The lowest BCUT2D eigenvalue weighted by molar-refractivity contribution is -0.131. The molecule has 0 spiro atoms. The Labute approximate surface area is 193 Å². The number of aryl methyl sites for hydroxylation is 1. The van der Waals surface area contributed by atoms with Gasteiger partial charge in [-0.15, -0.1) is 0 Å². The van der Waals surface area contributed by atoms with Crippen molar-refractivity contribution in [2.45, 2.75) is 43.8 Å². The SMILES string of the molecule is CC(N)c1cccc(C(=O)N2CC(c3ccccc3)C2C(=O)NC2CCc3ccccc32)n1. The van der Waals surface area contributed by atoms with Gasteiger partial charge in [0, 0.05) is 18.5 Å². The van der Waals surface area contributed by atoms with Gasteiger partial charge in [-0.1, -0.05) is 60.7 Å². The largest absolute Gasteiger partial charge is 0.347 e. The molecule has 1 saturated heterocycles. The van der Waals surface area contributed by atoms with Gasteiger partial charge in [0.2, 0.25) is 5.91 Å². The Morgan fingerprint density at radius 2 is 1.79 bits per heavy atom. The van der Waals surface area contributed by atoms with Gasteiger partial charge in [0.15, 0.2) is 0 Å². The van der Waals surface area contributed by atoms with Crippen molar-refractivity contribution < 1.29 is 9.59 Å². The molecule has 4 atom stereocenters. The van der Waals surface area contributed by atoms with Crippen molar-refractivity contribution in [1.29, 1.82) is 0 Å². The van der Waals surface area contributed by atoms with Gasteiger partial charge in [0.25, 0.3) is 5.91 Å². The van der Waals surface area contributed by atoms with E-state index in [-0.39, 0.29) is 29.8 Å². The molecular formula is C27H28N4O2. The van der Waals surface area contributed by atoms with E-state index in [0.29, 0.717) is 17.9 Å². The maximum absolute atomic E-state index is 13.6. The summed E-state index contributed by atoms with van der Waals surface area (Å²) >= 11 is 0. The second kappa shape index (κ2) is 8.79. The summed E-state index contributed by atoms with van der Waals surface area (Å²) < 4.78 is 0. The topological polar surface area (TPSA) is 88.3 Å². The first-order chi connectivity index (χ1) is 16.0. The van der Waals surface area contributed by atoms with Crippen LogP contribution in [0.5, 0.6) is 0 Å². The molecule has 0 bridgehead atoms. The maximum Gasteiger partial charge on any atom is 0.273 e. The second-order valence-corrected chi connectivity index (χ2v) is 8.95. The average molecular weight is 441 g/mol. The van der Waals surface area contributed by atoms with E-state index >= 15 is 0 Å². The smallest absolute Gasteiger partial charge is 0.273 e. The summed E-state index contributed by atoms with van der Waals surface area (Å²) in [5.74, 6) is -0.409. The number of nitrogens with two attached hydrogens (primary N) is 1. The lowest BCUT2D eigenvalue weighted by Crippen LogP contribution is -2.63. The van der Waals surface area contributed by atoms with E-state index in [1.165, 1.54) is 11.1 Å². The van der Waals surface area contributed by atoms with Crippen LogP contribution in [0.2, 0.25) is 0 Å². The van der Waals surface area contributed by atoms with Gasteiger partial charge >= 0.3 is 0 Å². The fourth-order valence-electron chi connectivity index (χ4n) is 4.96. The third-order valence-electron chi connectivity index (χ3n) is 6.77. The van der Waals surface area contributed by atoms with Crippen LogP contribution in [0.25, 0.3) is 0 Å². The van der Waals surface area contributed by atoms with Crippen LogP contribution >= 0.6 is 0 Å². The lowest BCUT2D eigenvalue weighted by Gasteiger charge is -2.47. The summed E-state index contributed by atoms with van der Waals surface area (Å²) in [5, 5.41) is 3.23. The Hall–Kier alpha value is -3.51. The van der Waals surface area contributed by atoms with Crippen molar-refractivity contribution in [2.75, 3.05) is 6.54 Å². The predicted molar refractivity (Wildman–Crippen MR) is 126 cm³/mol. The Morgan fingerprint density at radius 1 is 1.03 bits per heavy atom. The Balaban J connectivity index is 1.41. The first kappa shape index (κ1) is 21.3. The summed E-state index contributed by atoms with van der Waals surface area (Å²) in [4.78, 5) is 33.0. The van der Waals surface area contributed by atoms with E-state index in [1.54, 1.807) is 17.0 Å². The van der Waals surface area contributed by atoms with Gasteiger partial charge in [0.1, 0.15) is 11.7 Å². The number of carbonyl (C=O) groups excluding carboxylic acids is 2. The Kier molecular flexibility index (Phi) is 5.68. The fraction of sp³-hybridized carbons (Fsp3) is 0.296. The van der Waals surface area contributed by atoms with Crippen LogP contribution in [0.1, 0.15) is 64.2 Å². The van der Waals surface area contributed by atoms with E-state index in [4.69, 9.17) is 5.73 Å². The standard InChI is InChI=1S/C27H28N4O2/c1-17(28)22-12-7-13-24(29-22)27(33)31-16-21(18-8-3-2-4-9-18)25(31)26(32)30-23-15-14-19-10-5-6-11-20(19)23/h2-13,17,21,23,25H,14-16,28H2,1H3,(H,30,32). The summed E-state index contributed by atoms with van der Waals surface area (Å²) in [6.45, 7) is 2.31. The van der Waals surface area contributed by atoms with Crippen LogP contribution in [0, 0.1) is 0 Å². The normalized spacial score (nSPS) is 22.2. The van der Waals surface area contributed by atoms with E-state index < -0.39 is 6.04 Å². The van der Waals surface area contributed by atoms with Gasteiger partial charge in [-0.25, -0.2) is 4.98 Å². The minimum absolute atomic E-state index is 0.0257. The zero-order chi connectivity index (χ0) is 22.9. The molecule has 168 valence electrons. The molecule has 3 N–H and O–H groups in total. The van der Waals surface area contributed by atoms with Crippen molar-refractivity contribution in [3.63, 3.8) is 0 Å². The quantitative estimate of drug-likeness (QED) is 0.636. The number of aromatic nitrogens is 1. The van der Waals surface area contributed by atoms with Gasteiger partial charge in [-0.2, -0.15) is 0 Å². The predicted octanol–water partition coefficient (Wildman–Crippen LogP) is 3.51. The maximum atomic E-state index is 13.6. The van der Waals surface area contributed by atoms with E-state index in [2.05, 4.69) is 22.4 Å². The summed E-state index contributed by atoms with van der Waals surface area (Å²) in [7, 11) is 0. The van der Waals surface area contributed by atoms with Crippen molar-refractivity contribution >= 4 is 11.8 Å². The number of hydrogen-bond donors (Lipinski definition) is 2. The number of pyridine rings is 1. The first-order valence-corrected chi connectivity index (χ1v) is 11.5. The molecule has 3 aromatic rings. The van der Waals surface area contributed by atoms with Gasteiger partial charge < -0.3 is 16.0 Å². The second-order valence-electron chi connectivity index (χ2n) is 8.95. The molecule has 1 aliphatic heterocycles. The summed E-state index contributed by atoms with van der Waals surface area (Å²) in [6, 6.07) is 22.6. The van der Waals surface area contributed by atoms with Crippen LogP contribution < -0.4 is 11.1 Å². The molecule has 2 heterocycles. The van der Waals surface area contributed by atoms with Crippen LogP contribution in [-0.2, 0) is 11.2 Å². The summed E-state index contributed by atoms with van der Waals surface area (Å²) in [6.07, 6.45) is 1.82. The van der Waals surface area contributed by atoms with Gasteiger partial charge in [-0.3, -0.25) is 9.59 Å². The number of nitrogens with one attached hydrogen (secondary N) is 1. The molecule has 1 aromatic heterocycles. The Bertz CT molecular complexity index is 1180. The van der Waals surface area contributed by atoms with Crippen LogP contribution in [0.4, 0.5) is 0 Å². The van der Waals surface area contributed by atoms with E-state index in [1.807, 2.05) is 55.5 Å². The number of benzene rings is 2. The average Bonchev–Trinajstić information content (AvgIpc) is 3.22. The van der Waals surface area contributed by atoms with Gasteiger partial charge in [-0.05, 0) is 48.6 Å². The molecule has 33 heavy (non-hydrogen) atoms. The van der Waals surface area contributed by atoms with Crippen molar-refractivity contribution in [3.05, 3.63) is 101 Å². The Morgan fingerprint density at radius 3 is 2.58 bits per heavy atom. The molecule has 2 aromatic carbocycles. The molecule has 4 unspecified atom stereocenters. The monoisotopic (exact) mass is 440 g/mol. The van der Waals surface area contributed by atoms with Crippen LogP contribution in [0.3, 0.4) is 0 Å². The molecule has 5 rings (SSSR count). The molecule has 0 radical (unpaired) electrons. The molecule has 1 fully saturated rings. The first-order valence-electron chi connectivity index (χ1n) is 11.5. The minimum atomic E-state index is -0.576.